The topological polar surface area (TPSA) is 44.9 Å². The van der Waals surface area contributed by atoms with Crippen LogP contribution in [0.3, 0.4) is 0 Å². The molecule has 3 saturated heterocycles. The van der Waals surface area contributed by atoms with Crippen LogP contribution >= 0.6 is 12.6 Å². The van der Waals surface area contributed by atoms with Gasteiger partial charge in [-0.1, -0.05) is 12.1 Å². The number of piperidine rings is 1. The highest BCUT2D eigenvalue weighted by Crippen LogP contribution is 2.32. The SMILES string of the molecule is NC(=Nc1ccc(N2CCN3CCC2CC3)cc1S)c1ccccc1F. The van der Waals surface area contributed by atoms with Crippen molar-refractivity contribution in [2.45, 2.75) is 23.8 Å². The molecule has 136 valence electrons. The Balaban J connectivity index is 1.60. The van der Waals surface area contributed by atoms with E-state index in [2.05, 4.69) is 33.5 Å². The fourth-order valence-electron chi connectivity index (χ4n) is 3.87. The molecule has 2 bridgehead atoms. The van der Waals surface area contributed by atoms with Crippen LogP contribution in [0.1, 0.15) is 18.4 Å². The Kier molecular flexibility index (Phi) is 4.87. The molecular weight excluding hydrogens is 347 g/mol. The van der Waals surface area contributed by atoms with E-state index in [4.69, 9.17) is 5.73 Å². The Morgan fingerprint density at radius 2 is 1.85 bits per heavy atom. The lowest BCUT2D eigenvalue weighted by Gasteiger charge is -2.33. The zero-order valence-electron chi connectivity index (χ0n) is 14.6. The van der Waals surface area contributed by atoms with Crippen molar-refractivity contribution in [3.05, 3.63) is 53.8 Å². The monoisotopic (exact) mass is 370 g/mol. The maximum atomic E-state index is 13.9. The van der Waals surface area contributed by atoms with E-state index in [0.717, 1.165) is 18.0 Å². The molecule has 3 aliphatic rings. The Bertz CT molecular complexity index is 830. The molecule has 2 N–H and O–H groups in total. The van der Waals surface area contributed by atoms with Gasteiger partial charge in [0.15, 0.2) is 0 Å². The molecule has 3 aliphatic heterocycles. The van der Waals surface area contributed by atoms with E-state index < -0.39 is 0 Å². The summed E-state index contributed by atoms with van der Waals surface area (Å²) in [5, 5.41) is 0. The number of hydrogen-bond donors (Lipinski definition) is 2. The van der Waals surface area contributed by atoms with E-state index in [0.29, 0.717) is 17.3 Å². The molecule has 0 radical (unpaired) electrons. The summed E-state index contributed by atoms with van der Waals surface area (Å²) in [6.07, 6.45) is 2.42. The van der Waals surface area contributed by atoms with E-state index in [1.807, 2.05) is 12.1 Å². The van der Waals surface area contributed by atoms with Gasteiger partial charge in [-0.3, -0.25) is 0 Å². The molecule has 0 aliphatic carbocycles. The van der Waals surface area contributed by atoms with Crippen LogP contribution in [-0.4, -0.2) is 43.0 Å². The quantitative estimate of drug-likeness (QED) is 0.494. The van der Waals surface area contributed by atoms with E-state index in [-0.39, 0.29) is 11.7 Å². The minimum atomic E-state index is -0.374. The molecule has 0 amide bonds. The molecule has 0 aromatic heterocycles. The molecule has 26 heavy (non-hydrogen) atoms. The van der Waals surface area contributed by atoms with E-state index in [9.17, 15) is 4.39 Å². The third-order valence-corrected chi connectivity index (χ3v) is 5.69. The summed E-state index contributed by atoms with van der Waals surface area (Å²) in [5.74, 6) is -0.214. The molecule has 0 saturated carbocycles. The number of amidine groups is 1. The van der Waals surface area contributed by atoms with Crippen molar-refractivity contribution in [3.63, 3.8) is 0 Å². The van der Waals surface area contributed by atoms with Gasteiger partial charge in [0.1, 0.15) is 11.7 Å². The summed E-state index contributed by atoms with van der Waals surface area (Å²) in [6.45, 7) is 4.53. The molecule has 0 spiro atoms. The third kappa shape index (κ3) is 3.44. The number of halogens is 1. The van der Waals surface area contributed by atoms with Crippen LogP contribution in [0, 0.1) is 5.82 Å². The maximum Gasteiger partial charge on any atom is 0.134 e. The van der Waals surface area contributed by atoms with E-state index in [1.54, 1.807) is 18.2 Å². The number of hydrogen-bond acceptors (Lipinski definition) is 4. The predicted molar refractivity (Wildman–Crippen MR) is 107 cm³/mol. The van der Waals surface area contributed by atoms with Crippen molar-refractivity contribution in [2.24, 2.45) is 10.7 Å². The largest absolute Gasteiger partial charge is 0.383 e. The van der Waals surface area contributed by atoms with Crippen LogP contribution in [-0.2, 0) is 0 Å². The summed E-state index contributed by atoms with van der Waals surface area (Å²) in [4.78, 5) is 10.2. The minimum Gasteiger partial charge on any atom is -0.383 e. The van der Waals surface area contributed by atoms with Crippen molar-refractivity contribution >= 4 is 29.8 Å². The van der Waals surface area contributed by atoms with Gasteiger partial charge in [0.25, 0.3) is 0 Å². The van der Waals surface area contributed by atoms with Gasteiger partial charge in [-0.2, -0.15) is 0 Å². The summed E-state index contributed by atoms with van der Waals surface area (Å²) in [6, 6.07) is 13.0. The van der Waals surface area contributed by atoms with Crippen LogP contribution in [0.2, 0.25) is 0 Å². The molecule has 0 unspecified atom stereocenters. The summed E-state index contributed by atoms with van der Waals surface area (Å²) >= 11 is 4.60. The van der Waals surface area contributed by atoms with Crippen LogP contribution in [0.4, 0.5) is 15.8 Å². The van der Waals surface area contributed by atoms with Crippen molar-refractivity contribution in [2.75, 3.05) is 31.1 Å². The number of nitrogens with zero attached hydrogens (tertiary/aromatic N) is 3. The first kappa shape index (κ1) is 17.4. The molecule has 4 nitrogen and oxygen atoms in total. The molecular formula is C20H23FN4S. The van der Waals surface area contributed by atoms with Crippen molar-refractivity contribution in [1.82, 2.24) is 4.90 Å². The Morgan fingerprint density at radius 1 is 1.08 bits per heavy atom. The lowest BCUT2D eigenvalue weighted by atomic mass is 10.0. The summed E-state index contributed by atoms with van der Waals surface area (Å²) in [7, 11) is 0. The van der Waals surface area contributed by atoms with Crippen LogP contribution in [0.15, 0.2) is 52.4 Å². The fourth-order valence-corrected chi connectivity index (χ4v) is 4.13. The van der Waals surface area contributed by atoms with Crippen LogP contribution in [0.5, 0.6) is 0 Å². The number of rotatable bonds is 3. The number of fused-ring (bicyclic) bond motifs is 4. The highest BCUT2D eigenvalue weighted by molar-refractivity contribution is 7.80. The van der Waals surface area contributed by atoms with Crippen molar-refractivity contribution in [3.8, 4) is 0 Å². The zero-order valence-corrected chi connectivity index (χ0v) is 15.5. The van der Waals surface area contributed by atoms with Gasteiger partial charge in [-0.25, -0.2) is 9.38 Å². The van der Waals surface area contributed by atoms with Gasteiger partial charge in [-0.05, 0) is 43.2 Å². The molecule has 6 heteroatoms. The van der Waals surface area contributed by atoms with Crippen LogP contribution < -0.4 is 10.6 Å². The predicted octanol–water partition coefficient (Wildman–Crippen LogP) is 3.44. The van der Waals surface area contributed by atoms with Gasteiger partial charge in [0, 0.05) is 42.8 Å². The standard InChI is InChI=1S/C20H23FN4S/c21-17-4-2-1-3-16(17)20(22)23-18-6-5-15(13-19(18)26)25-12-11-24-9-7-14(25)8-10-24/h1-6,13-14,26H,7-12H2,(H2,22,23). The summed E-state index contributed by atoms with van der Waals surface area (Å²) < 4.78 is 13.9. The van der Waals surface area contributed by atoms with Gasteiger partial charge in [0.2, 0.25) is 0 Å². The number of anilines is 1. The second-order valence-electron chi connectivity index (χ2n) is 6.92. The van der Waals surface area contributed by atoms with Gasteiger partial charge in [0.05, 0.1) is 11.3 Å². The fraction of sp³-hybridized carbons (Fsp3) is 0.350. The number of aliphatic imine (C=N–C) groups is 1. The Hall–Kier alpha value is -2.05. The highest BCUT2D eigenvalue weighted by Gasteiger charge is 2.29. The van der Waals surface area contributed by atoms with Crippen LogP contribution in [0.25, 0.3) is 0 Å². The second kappa shape index (κ2) is 7.29. The van der Waals surface area contributed by atoms with E-state index in [1.165, 1.54) is 37.7 Å². The molecule has 3 heterocycles. The third-order valence-electron chi connectivity index (χ3n) is 5.34. The van der Waals surface area contributed by atoms with Crippen molar-refractivity contribution in [1.29, 1.82) is 0 Å². The smallest absolute Gasteiger partial charge is 0.134 e. The average Bonchev–Trinajstić information content (AvgIpc) is 2.97. The molecule has 3 fully saturated rings. The lowest BCUT2D eigenvalue weighted by Crippen LogP contribution is -2.37. The number of benzene rings is 2. The molecule has 0 atom stereocenters. The minimum absolute atomic E-state index is 0.160. The summed E-state index contributed by atoms with van der Waals surface area (Å²) in [5.41, 5.74) is 8.14. The van der Waals surface area contributed by atoms with Gasteiger partial charge in [-0.15, -0.1) is 12.6 Å². The molecule has 2 aromatic rings. The normalized spacial score (nSPS) is 23.2. The first-order valence-electron chi connectivity index (χ1n) is 9.03. The molecule has 5 rings (SSSR count). The van der Waals surface area contributed by atoms with Gasteiger partial charge < -0.3 is 15.5 Å². The number of thiol groups is 1. The Morgan fingerprint density at radius 3 is 2.58 bits per heavy atom. The first-order chi connectivity index (χ1) is 12.6. The van der Waals surface area contributed by atoms with E-state index >= 15 is 0 Å². The van der Waals surface area contributed by atoms with Crippen molar-refractivity contribution < 1.29 is 4.39 Å². The zero-order chi connectivity index (χ0) is 18.1. The number of nitrogens with two attached hydrogens (primary N) is 1. The first-order valence-corrected chi connectivity index (χ1v) is 9.47. The highest BCUT2D eigenvalue weighted by atomic mass is 32.1. The lowest BCUT2D eigenvalue weighted by molar-refractivity contribution is 0.250. The maximum absolute atomic E-state index is 13.9. The van der Waals surface area contributed by atoms with Gasteiger partial charge >= 0.3 is 0 Å². The molecule has 2 aromatic carbocycles. The second-order valence-corrected chi connectivity index (χ2v) is 7.40. The average molecular weight is 370 g/mol. The Labute approximate surface area is 158 Å².